The molecule has 0 amide bonds. The zero-order valence-electron chi connectivity index (χ0n) is 10.6. The van der Waals surface area contributed by atoms with Crippen LogP contribution in [0.1, 0.15) is 11.4 Å². The molecule has 0 aliphatic rings. The van der Waals surface area contributed by atoms with E-state index >= 15 is 0 Å². The zero-order chi connectivity index (χ0) is 14.6. The van der Waals surface area contributed by atoms with Crippen molar-refractivity contribution in [3.8, 4) is 0 Å². The minimum atomic E-state index is -1.70. The standard InChI is InChI=1S/C12H12Cl3N5/c1-16-10-18-9(12(13,14)15)19-11(20-10)17-7-8-5-3-2-4-6-8/h2-6H,7H2,1H3,(H2,16,17,18,19,20). The van der Waals surface area contributed by atoms with Crippen LogP contribution in [0.25, 0.3) is 0 Å². The van der Waals surface area contributed by atoms with Crippen LogP contribution in [0.2, 0.25) is 0 Å². The van der Waals surface area contributed by atoms with Crippen molar-refractivity contribution in [2.24, 2.45) is 0 Å². The van der Waals surface area contributed by atoms with E-state index in [9.17, 15) is 0 Å². The molecule has 0 unspecified atom stereocenters. The van der Waals surface area contributed by atoms with Gasteiger partial charge < -0.3 is 10.6 Å². The lowest BCUT2D eigenvalue weighted by molar-refractivity contribution is 0.910. The molecule has 0 aliphatic carbocycles. The maximum atomic E-state index is 5.80. The van der Waals surface area contributed by atoms with Crippen LogP contribution in [0.4, 0.5) is 11.9 Å². The summed E-state index contributed by atoms with van der Waals surface area (Å²) in [5, 5.41) is 5.87. The quantitative estimate of drug-likeness (QED) is 0.841. The van der Waals surface area contributed by atoms with E-state index in [0.29, 0.717) is 18.4 Å². The fraction of sp³-hybridized carbons (Fsp3) is 0.250. The zero-order valence-corrected chi connectivity index (χ0v) is 12.8. The second kappa shape index (κ2) is 6.43. The van der Waals surface area contributed by atoms with Crippen LogP contribution in [-0.2, 0) is 10.3 Å². The van der Waals surface area contributed by atoms with Gasteiger partial charge in [-0.1, -0.05) is 65.1 Å². The number of rotatable bonds is 4. The average Bonchev–Trinajstić information content (AvgIpc) is 2.45. The topological polar surface area (TPSA) is 62.7 Å². The van der Waals surface area contributed by atoms with Crippen LogP contribution < -0.4 is 10.6 Å². The second-order valence-corrected chi connectivity index (χ2v) is 6.17. The molecule has 0 aliphatic heterocycles. The second-order valence-electron chi connectivity index (χ2n) is 3.89. The van der Waals surface area contributed by atoms with Crippen LogP contribution in [-0.4, -0.2) is 22.0 Å². The van der Waals surface area contributed by atoms with Crippen LogP contribution in [0.3, 0.4) is 0 Å². The molecular weight excluding hydrogens is 321 g/mol. The van der Waals surface area contributed by atoms with Gasteiger partial charge in [0.05, 0.1) is 0 Å². The number of halogens is 3. The molecule has 0 spiro atoms. The van der Waals surface area contributed by atoms with Gasteiger partial charge in [-0.05, 0) is 5.56 Å². The van der Waals surface area contributed by atoms with E-state index in [1.165, 1.54) is 0 Å². The number of anilines is 2. The Hall–Kier alpha value is -1.30. The minimum Gasteiger partial charge on any atom is -0.357 e. The molecule has 106 valence electrons. The van der Waals surface area contributed by atoms with Gasteiger partial charge in [-0.2, -0.15) is 15.0 Å². The van der Waals surface area contributed by atoms with Gasteiger partial charge in [0, 0.05) is 13.6 Å². The van der Waals surface area contributed by atoms with E-state index in [1.54, 1.807) is 7.05 Å². The third kappa shape index (κ3) is 4.10. The summed E-state index contributed by atoms with van der Waals surface area (Å²) < 4.78 is -1.70. The highest BCUT2D eigenvalue weighted by Crippen LogP contribution is 2.36. The molecule has 0 saturated heterocycles. The smallest absolute Gasteiger partial charge is 0.250 e. The number of nitrogens with zero attached hydrogens (tertiary/aromatic N) is 3. The van der Waals surface area contributed by atoms with Crippen LogP contribution in [0.15, 0.2) is 30.3 Å². The molecule has 0 atom stereocenters. The number of hydrogen-bond acceptors (Lipinski definition) is 5. The molecule has 1 aromatic heterocycles. The molecule has 0 saturated carbocycles. The molecule has 0 bridgehead atoms. The van der Waals surface area contributed by atoms with E-state index in [1.807, 2.05) is 30.3 Å². The molecule has 2 rings (SSSR count). The molecule has 2 aromatic rings. The first-order valence-corrected chi connectivity index (χ1v) is 6.91. The Kier molecular flexibility index (Phi) is 4.86. The first-order chi connectivity index (χ1) is 9.49. The summed E-state index contributed by atoms with van der Waals surface area (Å²) in [5.74, 6) is 0.740. The Bertz CT molecular complexity index is 571. The lowest BCUT2D eigenvalue weighted by Gasteiger charge is -2.12. The Morgan fingerprint density at radius 2 is 1.65 bits per heavy atom. The van der Waals surface area contributed by atoms with Gasteiger partial charge in [0.1, 0.15) is 0 Å². The number of aromatic nitrogens is 3. The van der Waals surface area contributed by atoms with Crippen molar-refractivity contribution in [3.05, 3.63) is 41.7 Å². The monoisotopic (exact) mass is 331 g/mol. The highest BCUT2D eigenvalue weighted by Gasteiger charge is 2.28. The van der Waals surface area contributed by atoms with Gasteiger partial charge in [0.15, 0.2) is 5.82 Å². The van der Waals surface area contributed by atoms with Crippen molar-refractivity contribution in [2.75, 3.05) is 17.7 Å². The maximum absolute atomic E-state index is 5.80. The predicted octanol–water partition coefficient (Wildman–Crippen LogP) is 3.35. The summed E-state index contributed by atoms with van der Waals surface area (Å²) in [6.07, 6.45) is 0. The van der Waals surface area contributed by atoms with Crippen molar-refractivity contribution in [3.63, 3.8) is 0 Å². The Labute approximate surface area is 131 Å². The largest absolute Gasteiger partial charge is 0.357 e. The lowest BCUT2D eigenvalue weighted by atomic mass is 10.2. The third-order valence-corrected chi connectivity index (χ3v) is 2.91. The van der Waals surface area contributed by atoms with E-state index in [0.717, 1.165) is 5.56 Å². The van der Waals surface area contributed by atoms with Gasteiger partial charge in [-0.15, -0.1) is 0 Å². The molecule has 0 fully saturated rings. The maximum Gasteiger partial charge on any atom is 0.250 e. The van der Waals surface area contributed by atoms with E-state index in [4.69, 9.17) is 34.8 Å². The number of benzene rings is 1. The molecule has 2 N–H and O–H groups in total. The number of hydrogen-bond donors (Lipinski definition) is 2. The first-order valence-electron chi connectivity index (χ1n) is 5.78. The molecule has 5 nitrogen and oxygen atoms in total. The molecule has 20 heavy (non-hydrogen) atoms. The SMILES string of the molecule is CNc1nc(NCc2ccccc2)nc(C(Cl)(Cl)Cl)n1. The summed E-state index contributed by atoms with van der Waals surface area (Å²) in [6, 6.07) is 9.84. The fourth-order valence-corrected chi connectivity index (χ4v) is 1.72. The van der Waals surface area contributed by atoms with Crippen molar-refractivity contribution in [2.45, 2.75) is 10.3 Å². The number of nitrogens with one attached hydrogen (secondary N) is 2. The van der Waals surface area contributed by atoms with E-state index in [-0.39, 0.29) is 5.82 Å². The lowest BCUT2D eigenvalue weighted by Crippen LogP contribution is -2.14. The minimum absolute atomic E-state index is 0.0670. The van der Waals surface area contributed by atoms with Crippen molar-refractivity contribution < 1.29 is 0 Å². The molecule has 8 heteroatoms. The molecule has 0 radical (unpaired) electrons. The Morgan fingerprint density at radius 1 is 1.00 bits per heavy atom. The summed E-state index contributed by atoms with van der Waals surface area (Å²) in [6.45, 7) is 0.563. The van der Waals surface area contributed by atoms with Gasteiger partial charge in [0.2, 0.25) is 15.7 Å². The summed E-state index contributed by atoms with van der Waals surface area (Å²) in [4.78, 5) is 12.3. The summed E-state index contributed by atoms with van der Waals surface area (Å²) in [5.41, 5.74) is 1.09. The van der Waals surface area contributed by atoms with Crippen LogP contribution in [0, 0.1) is 0 Å². The number of alkyl halides is 3. The summed E-state index contributed by atoms with van der Waals surface area (Å²) in [7, 11) is 1.68. The Morgan fingerprint density at radius 3 is 2.25 bits per heavy atom. The normalized spacial score (nSPS) is 11.2. The first kappa shape index (κ1) is 15.1. The average molecular weight is 333 g/mol. The predicted molar refractivity (Wildman–Crippen MR) is 82.4 cm³/mol. The van der Waals surface area contributed by atoms with Crippen LogP contribution >= 0.6 is 34.8 Å². The fourth-order valence-electron chi connectivity index (χ4n) is 1.47. The van der Waals surface area contributed by atoms with E-state index < -0.39 is 3.79 Å². The Balaban J connectivity index is 2.19. The van der Waals surface area contributed by atoms with Crippen LogP contribution in [0.5, 0.6) is 0 Å². The van der Waals surface area contributed by atoms with Gasteiger partial charge in [0.25, 0.3) is 0 Å². The summed E-state index contributed by atoms with van der Waals surface area (Å²) >= 11 is 17.4. The van der Waals surface area contributed by atoms with Gasteiger partial charge in [-0.25, -0.2) is 0 Å². The molecular formula is C12H12Cl3N5. The highest BCUT2D eigenvalue weighted by molar-refractivity contribution is 6.66. The van der Waals surface area contributed by atoms with Gasteiger partial charge >= 0.3 is 0 Å². The van der Waals surface area contributed by atoms with Crippen molar-refractivity contribution in [1.82, 2.24) is 15.0 Å². The van der Waals surface area contributed by atoms with Crippen molar-refractivity contribution in [1.29, 1.82) is 0 Å². The van der Waals surface area contributed by atoms with Crippen molar-refractivity contribution >= 4 is 46.7 Å². The molecule has 1 heterocycles. The van der Waals surface area contributed by atoms with E-state index in [2.05, 4.69) is 25.6 Å². The van der Waals surface area contributed by atoms with Gasteiger partial charge in [-0.3, -0.25) is 0 Å². The third-order valence-electron chi connectivity index (χ3n) is 2.41. The molecule has 1 aromatic carbocycles. The highest BCUT2D eigenvalue weighted by atomic mass is 35.6.